The average Bonchev–Trinajstić information content (AvgIpc) is 3.07. The molecule has 1 heterocycles. The second kappa shape index (κ2) is 10.3. The summed E-state index contributed by atoms with van der Waals surface area (Å²) in [6, 6.07) is 5.92. The fourth-order valence-corrected chi connectivity index (χ4v) is 3.26. The summed E-state index contributed by atoms with van der Waals surface area (Å²) in [6.07, 6.45) is 1.71. The van der Waals surface area contributed by atoms with E-state index in [1.165, 1.54) is 0 Å². The van der Waals surface area contributed by atoms with Gasteiger partial charge in [0.15, 0.2) is 0 Å². The van der Waals surface area contributed by atoms with Crippen LogP contribution in [0.25, 0.3) is 10.9 Å². The Labute approximate surface area is 182 Å². The molecule has 0 fully saturated rings. The first-order valence-corrected chi connectivity index (χ1v) is 10.4. The van der Waals surface area contributed by atoms with Gasteiger partial charge in [0.05, 0.1) is 0 Å². The number of aromatic nitrogens is 1. The number of ether oxygens (including phenoxy) is 1. The number of fused-ring (bicyclic) bond motifs is 1. The van der Waals surface area contributed by atoms with E-state index >= 15 is 0 Å². The Balaban J connectivity index is 2.25. The molecule has 9 heteroatoms. The zero-order valence-electron chi connectivity index (χ0n) is 18.7. The van der Waals surface area contributed by atoms with E-state index in [0.717, 1.165) is 16.5 Å². The van der Waals surface area contributed by atoms with Gasteiger partial charge in [-0.2, -0.15) is 0 Å². The minimum Gasteiger partial charge on any atom is -0.444 e. The number of carbonyl (C=O) groups excluding carboxylic acids is 3. The third-order valence-electron chi connectivity index (χ3n) is 4.59. The Morgan fingerprint density at radius 3 is 2.35 bits per heavy atom. The van der Waals surface area contributed by atoms with Crippen LogP contribution in [-0.2, 0) is 20.7 Å². The first kappa shape index (κ1) is 24.2. The lowest BCUT2D eigenvalue weighted by atomic mass is 10.0. The molecule has 0 aliphatic heterocycles. The van der Waals surface area contributed by atoms with Crippen LogP contribution in [0, 0.1) is 5.92 Å². The van der Waals surface area contributed by atoms with Crippen LogP contribution in [0.2, 0.25) is 0 Å². The van der Waals surface area contributed by atoms with Crippen molar-refractivity contribution in [2.24, 2.45) is 11.8 Å². The molecule has 9 nitrogen and oxygen atoms in total. The average molecular weight is 432 g/mol. The van der Waals surface area contributed by atoms with Crippen molar-refractivity contribution < 1.29 is 19.1 Å². The van der Waals surface area contributed by atoms with E-state index in [1.807, 2.05) is 38.1 Å². The predicted octanol–water partition coefficient (Wildman–Crippen LogP) is 2.12. The molecule has 0 bridgehead atoms. The van der Waals surface area contributed by atoms with Gasteiger partial charge in [0.1, 0.15) is 17.7 Å². The molecule has 0 radical (unpaired) electrons. The number of para-hydroxylation sites is 1. The monoisotopic (exact) mass is 431 g/mol. The Bertz CT molecular complexity index is 916. The summed E-state index contributed by atoms with van der Waals surface area (Å²) in [7, 11) is 0. The minimum absolute atomic E-state index is 0.147. The van der Waals surface area contributed by atoms with Gasteiger partial charge in [-0.15, -0.1) is 0 Å². The van der Waals surface area contributed by atoms with E-state index in [4.69, 9.17) is 10.6 Å². The molecule has 0 saturated carbocycles. The van der Waals surface area contributed by atoms with E-state index in [9.17, 15) is 14.4 Å². The molecule has 1 aromatic heterocycles. The first-order chi connectivity index (χ1) is 14.5. The van der Waals surface area contributed by atoms with E-state index in [0.29, 0.717) is 6.42 Å². The number of amides is 3. The quantitative estimate of drug-likeness (QED) is 0.248. The summed E-state index contributed by atoms with van der Waals surface area (Å²) in [5, 5.41) is 6.31. The van der Waals surface area contributed by atoms with Crippen molar-refractivity contribution in [2.75, 3.05) is 0 Å². The molecular weight excluding hydrogens is 398 g/mol. The van der Waals surface area contributed by atoms with Crippen molar-refractivity contribution in [3.63, 3.8) is 0 Å². The summed E-state index contributed by atoms with van der Waals surface area (Å²) < 4.78 is 5.33. The third kappa shape index (κ3) is 7.29. The lowest BCUT2D eigenvalue weighted by Gasteiger charge is -2.25. The molecule has 2 rings (SSSR count). The van der Waals surface area contributed by atoms with Gasteiger partial charge in [-0.1, -0.05) is 32.0 Å². The van der Waals surface area contributed by atoms with Crippen molar-refractivity contribution >= 4 is 28.8 Å². The van der Waals surface area contributed by atoms with Crippen LogP contribution in [0.15, 0.2) is 30.5 Å². The smallest absolute Gasteiger partial charge is 0.408 e. The van der Waals surface area contributed by atoms with Crippen molar-refractivity contribution in [1.82, 2.24) is 21.0 Å². The maximum Gasteiger partial charge on any atom is 0.408 e. The molecule has 0 aliphatic rings. The number of rotatable bonds is 8. The highest BCUT2D eigenvalue weighted by Crippen LogP contribution is 2.19. The number of hydrazine groups is 1. The second-order valence-electron chi connectivity index (χ2n) is 8.96. The molecule has 3 amide bonds. The topological polar surface area (TPSA) is 138 Å². The van der Waals surface area contributed by atoms with Gasteiger partial charge >= 0.3 is 6.09 Å². The Morgan fingerprint density at radius 1 is 1.06 bits per heavy atom. The highest BCUT2D eigenvalue weighted by Gasteiger charge is 2.29. The molecule has 170 valence electrons. The minimum atomic E-state index is -0.950. The van der Waals surface area contributed by atoms with Crippen LogP contribution in [0.4, 0.5) is 4.79 Å². The lowest BCUT2D eigenvalue weighted by Crippen LogP contribution is -2.56. The van der Waals surface area contributed by atoms with Gasteiger partial charge in [-0.05, 0) is 44.7 Å². The zero-order chi connectivity index (χ0) is 23.2. The second-order valence-corrected chi connectivity index (χ2v) is 8.96. The standard InChI is InChI=1S/C22H33N5O4/c1-13(2)10-17(20(29)27-23)25-19(28)18(26-21(30)31-22(3,4)5)11-14-12-24-16-9-7-6-8-15(14)16/h6-9,12-13,17-18,24H,10-11,23H2,1-5H3,(H,25,28)(H,26,30)(H,27,29)/t17-,18-/m0/s1. The molecule has 2 aromatic rings. The molecule has 0 saturated heterocycles. The molecule has 1 aromatic carbocycles. The molecule has 0 spiro atoms. The molecular formula is C22H33N5O4. The largest absolute Gasteiger partial charge is 0.444 e. The van der Waals surface area contributed by atoms with E-state index in [-0.39, 0.29) is 12.3 Å². The maximum absolute atomic E-state index is 13.1. The number of benzene rings is 1. The number of hydrogen-bond donors (Lipinski definition) is 5. The van der Waals surface area contributed by atoms with Gasteiger partial charge in [0, 0.05) is 23.5 Å². The summed E-state index contributed by atoms with van der Waals surface area (Å²) >= 11 is 0. The van der Waals surface area contributed by atoms with Crippen molar-refractivity contribution in [3.8, 4) is 0 Å². The number of hydrogen-bond acceptors (Lipinski definition) is 5. The van der Waals surface area contributed by atoms with Crippen molar-refractivity contribution in [1.29, 1.82) is 0 Å². The van der Waals surface area contributed by atoms with Crippen LogP contribution in [0.1, 0.15) is 46.6 Å². The SMILES string of the molecule is CC(C)C[C@H](NC(=O)[C@H](Cc1c[nH]c2ccccc12)NC(=O)OC(C)(C)C)C(=O)NN. The molecule has 6 N–H and O–H groups in total. The highest BCUT2D eigenvalue weighted by atomic mass is 16.6. The Kier molecular flexibility index (Phi) is 8.04. The first-order valence-electron chi connectivity index (χ1n) is 10.4. The van der Waals surface area contributed by atoms with Gasteiger partial charge in [0.25, 0.3) is 5.91 Å². The zero-order valence-corrected chi connectivity index (χ0v) is 18.7. The molecule has 31 heavy (non-hydrogen) atoms. The third-order valence-corrected chi connectivity index (χ3v) is 4.59. The predicted molar refractivity (Wildman–Crippen MR) is 119 cm³/mol. The van der Waals surface area contributed by atoms with Crippen LogP contribution < -0.4 is 21.9 Å². The lowest BCUT2D eigenvalue weighted by molar-refractivity contribution is -0.130. The van der Waals surface area contributed by atoms with E-state index < -0.39 is 35.6 Å². The summed E-state index contributed by atoms with van der Waals surface area (Å²) in [4.78, 5) is 40.8. The fourth-order valence-electron chi connectivity index (χ4n) is 3.26. The van der Waals surface area contributed by atoms with Gasteiger partial charge in [-0.3, -0.25) is 15.0 Å². The summed E-state index contributed by atoms with van der Waals surface area (Å²) in [5.41, 5.74) is 3.15. The Hall–Kier alpha value is -3.07. The molecule has 0 aliphatic carbocycles. The highest BCUT2D eigenvalue weighted by molar-refractivity contribution is 5.92. The number of aromatic amines is 1. The van der Waals surface area contributed by atoms with Crippen LogP contribution in [-0.4, -0.2) is 40.6 Å². The van der Waals surface area contributed by atoms with Crippen LogP contribution in [0.3, 0.4) is 0 Å². The van der Waals surface area contributed by atoms with Gasteiger partial charge < -0.3 is 20.4 Å². The number of carbonyl (C=O) groups is 3. The van der Waals surface area contributed by atoms with E-state index in [2.05, 4.69) is 21.0 Å². The fraction of sp³-hybridized carbons (Fsp3) is 0.500. The van der Waals surface area contributed by atoms with Gasteiger partial charge in [0.2, 0.25) is 5.91 Å². The number of nitrogens with one attached hydrogen (secondary N) is 4. The van der Waals surface area contributed by atoms with Crippen molar-refractivity contribution in [3.05, 3.63) is 36.0 Å². The Morgan fingerprint density at radius 2 is 1.74 bits per heavy atom. The van der Waals surface area contributed by atoms with Crippen LogP contribution in [0.5, 0.6) is 0 Å². The van der Waals surface area contributed by atoms with E-state index in [1.54, 1.807) is 27.0 Å². The normalized spacial score (nSPS) is 13.5. The number of alkyl carbamates (subject to hydrolysis) is 1. The number of H-pyrrole nitrogens is 1. The number of nitrogens with two attached hydrogens (primary N) is 1. The molecule has 2 atom stereocenters. The van der Waals surface area contributed by atoms with Crippen molar-refractivity contribution in [2.45, 2.75) is 65.1 Å². The molecule has 0 unspecified atom stereocenters. The summed E-state index contributed by atoms with van der Waals surface area (Å²) in [6.45, 7) is 9.10. The summed E-state index contributed by atoms with van der Waals surface area (Å²) in [5.74, 6) is 4.43. The maximum atomic E-state index is 13.1. The van der Waals surface area contributed by atoms with Gasteiger partial charge in [-0.25, -0.2) is 10.6 Å². The van der Waals surface area contributed by atoms with Crippen LogP contribution >= 0.6 is 0 Å².